The van der Waals surface area contributed by atoms with Crippen LogP contribution in [-0.2, 0) is 16.9 Å². The zero-order valence-corrected chi connectivity index (χ0v) is 14.2. The van der Waals surface area contributed by atoms with Gasteiger partial charge in [0.2, 0.25) is 0 Å². The topological polar surface area (TPSA) is 43.2 Å². The number of epoxide rings is 1. The molecule has 0 N–H and O–H groups in total. The molecule has 4 nitrogen and oxygen atoms in total. The lowest BCUT2D eigenvalue weighted by Gasteiger charge is -2.15. The van der Waals surface area contributed by atoms with Gasteiger partial charge in [-0.25, -0.2) is 18.4 Å². The van der Waals surface area contributed by atoms with Crippen molar-refractivity contribution in [2.45, 2.75) is 23.4 Å². The third kappa shape index (κ3) is 2.83. The summed E-state index contributed by atoms with van der Waals surface area (Å²) in [5.74, 6) is -0.646. The van der Waals surface area contributed by atoms with Gasteiger partial charge in [-0.05, 0) is 30.0 Å². The molecular weight excluding hydrogens is 344 g/mol. The molecule has 0 saturated carbocycles. The summed E-state index contributed by atoms with van der Waals surface area (Å²) in [7, 11) is 0. The van der Waals surface area contributed by atoms with E-state index in [4.69, 9.17) is 4.74 Å². The normalized spacial score (nSPS) is 22.1. The van der Waals surface area contributed by atoms with E-state index in [1.54, 1.807) is 35.0 Å². The quantitative estimate of drug-likeness (QED) is 0.511. The number of ether oxygens (including phenoxy) is 1. The number of rotatable bonds is 5. The highest BCUT2D eigenvalue weighted by atomic mass is 32.2. The lowest BCUT2D eigenvalue weighted by molar-refractivity contribution is 0.256. The Hall–Kier alpha value is -2.25. The second kappa shape index (κ2) is 6.24. The second-order valence-electron chi connectivity index (χ2n) is 5.82. The molecule has 128 valence electrons. The van der Waals surface area contributed by atoms with E-state index in [2.05, 4.69) is 10.1 Å². The molecule has 0 radical (unpaired) electrons. The van der Waals surface area contributed by atoms with Crippen molar-refractivity contribution in [2.24, 2.45) is 0 Å². The molecular formula is C18H15F2N3OS. The van der Waals surface area contributed by atoms with Gasteiger partial charge in [-0.3, -0.25) is 0 Å². The number of nitrogens with zero attached hydrogens (tertiary/aromatic N) is 3. The molecule has 0 amide bonds. The molecule has 1 fully saturated rings. The van der Waals surface area contributed by atoms with Gasteiger partial charge in [-0.2, -0.15) is 5.10 Å². The first-order valence-corrected chi connectivity index (χ1v) is 8.96. The van der Waals surface area contributed by atoms with Crippen molar-refractivity contribution < 1.29 is 13.5 Å². The van der Waals surface area contributed by atoms with E-state index in [0.29, 0.717) is 12.1 Å². The molecule has 25 heavy (non-hydrogen) atoms. The maximum absolute atomic E-state index is 14.2. The molecule has 2 unspecified atom stereocenters. The van der Waals surface area contributed by atoms with Crippen molar-refractivity contribution >= 4 is 11.8 Å². The van der Waals surface area contributed by atoms with Gasteiger partial charge in [0.1, 0.15) is 29.7 Å². The summed E-state index contributed by atoms with van der Waals surface area (Å²) in [5, 5.41) is 4.98. The fourth-order valence-corrected chi connectivity index (χ4v) is 3.56. The summed E-state index contributed by atoms with van der Waals surface area (Å²) >= 11 is 1.47. The van der Waals surface area contributed by atoms with E-state index < -0.39 is 11.7 Å². The van der Waals surface area contributed by atoms with Gasteiger partial charge in [0.25, 0.3) is 0 Å². The number of hydrogen-bond donors (Lipinski definition) is 0. The smallest absolute Gasteiger partial charge is 0.185 e. The minimum atomic E-state index is -0.798. The van der Waals surface area contributed by atoms with Gasteiger partial charge in [0.05, 0.1) is 6.54 Å². The Bertz CT molecular complexity index is 899. The maximum atomic E-state index is 14.2. The molecule has 2 aromatic carbocycles. The lowest BCUT2D eigenvalue weighted by atomic mass is 9.91. The highest BCUT2D eigenvalue weighted by Crippen LogP contribution is 2.58. The van der Waals surface area contributed by atoms with Gasteiger partial charge in [-0.1, -0.05) is 42.1 Å². The monoisotopic (exact) mass is 359 g/mol. The summed E-state index contributed by atoms with van der Waals surface area (Å²) < 4.78 is 35.3. The Morgan fingerprint density at radius 2 is 1.92 bits per heavy atom. The van der Waals surface area contributed by atoms with Gasteiger partial charge in [0.15, 0.2) is 5.16 Å². The van der Waals surface area contributed by atoms with Gasteiger partial charge >= 0.3 is 0 Å². The zero-order chi connectivity index (χ0) is 17.4. The van der Waals surface area contributed by atoms with E-state index in [9.17, 15) is 8.78 Å². The van der Waals surface area contributed by atoms with Crippen LogP contribution in [0.1, 0.15) is 17.2 Å². The average molecular weight is 359 g/mol. The molecule has 7 heteroatoms. The number of halogens is 2. The van der Waals surface area contributed by atoms with Crippen molar-refractivity contribution in [1.29, 1.82) is 0 Å². The maximum Gasteiger partial charge on any atom is 0.185 e. The Kier molecular flexibility index (Phi) is 4.05. The predicted molar refractivity (Wildman–Crippen MR) is 90.1 cm³/mol. The van der Waals surface area contributed by atoms with Crippen LogP contribution in [0.4, 0.5) is 8.78 Å². The molecule has 1 saturated heterocycles. The van der Waals surface area contributed by atoms with Crippen molar-refractivity contribution in [2.75, 3.05) is 6.26 Å². The predicted octanol–water partition coefficient (Wildman–Crippen LogP) is 3.95. The van der Waals surface area contributed by atoms with Gasteiger partial charge < -0.3 is 4.74 Å². The molecule has 2 atom stereocenters. The van der Waals surface area contributed by atoms with Crippen LogP contribution in [0.15, 0.2) is 60.0 Å². The summed E-state index contributed by atoms with van der Waals surface area (Å²) in [4.78, 5) is 4.19. The molecule has 0 bridgehead atoms. The molecule has 1 aromatic heterocycles. The van der Waals surface area contributed by atoms with Crippen LogP contribution in [0.5, 0.6) is 0 Å². The summed E-state index contributed by atoms with van der Waals surface area (Å²) in [6.07, 6.45) is 2.93. The average Bonchev–Trinajstić information content (AvgIpc) is 3.16. The van der Waals surface area contributed by atoms with Crippen LogP contribution >= 0.6 is 11.8 Å². The minimum absolute atomic E-state index is 0.319. The first kappa shape index (κ1) is 16.2. The highest BCUT2D eigenvalue weighted by Gasteiger charge is 2.60. The number of thioether (sulfide) groups is 1. The van der Waals surface area contributed by atoms with Crippen LogP contribution in [-0.4, -0.2) is 21.0 Å². The fraction of sp³-hybridized carbons (Fsp3) is 0.222. The zero-order valence-electron chi connectivity index (χ0n) is 13.4. The first-order valence-electron chi connectivity index (χ1n) is 7.74. The van der Waals surface area contributed by atoms with Crippen LogP contribution in [0.25, 0.3) is 0 Å². The van der Waals surface area contributed by atoms with E-state index in [1.165, 1.54) is 36.3 Å². The Morgan fingerprint density at radius 1 is 1.16 bits per heavy atom. The van der Waals surface area contributed by atoms with Crippen LogP contribution < -0.4 is 0 Å². The third-order valence-electron chi connectivity index (χ3n) is 4.36. The molecule has 1 aliphatic rings. The Labute approximate surface area is 147 Å². The molecule has 1 aliphatic heterocycles. The fourth-order valence-electron chi connectivity index (χ4n) is 3.08. The Morgan fingerprint density at radius 3 is 2.64 bits per heavy atom. The molecule has 0 aliphatic carbocycles. The second-order valence-corrected chi connectivity index (χ2v) is 6.59. The molecule has 0 spiro atoms. The van der Waals surface area contributed by atoms with E-state index in [0.717, 1.165) is 10.7 Å². The lowest BCUT2D eigenvalue weighted by Crippen LogP contribution is -2.20. The Balaban J connectivity index is 1.75. The molecule has 3 aromatic rings. The van der Waals surface area contributed by atoms with E-state index >= 15 is 0 Å². The standard InChI is InChI=1S/C18H15F2N3OS/c1-25-17-21-11-22-23(17)10-18(12-6-8-13(19)9-7-12)16(24-18)14-4-2-3-5-15(14)20/h2-9,11,16H,10H2,1H3. The van der Waals surface area contributed by atoms with E-state index in [1.807, 2.05) is 6.26 Å². The van der Waals surface area contributed by atoms with Crippen LogP contribution in [0, 0.1) is 11.6 Å². The first-order chi connectivity index (χ1) is 12.1. The van der Waals surface area contributed by atoms with Crippen molar-refractivity contribution in [1.82, 2.24) is 14.8 Å². The summed E-state index contributed by atoms with van der Waals surface area (Å²) in [6, 6.07) is 12.7. The number of benzene rings is 2. The van der Waals surface area contributed by atoms with Gasteiger partial charge in [-0.15, -0.1) is 0 Å². The summed E-state index contributed by atoms with van der Waals surface area (Å²) in [6.45, 7) is 0.369. The molecule has 4 rings (SSSR count). The largest absolute Gasteiger partial charge is 0.354 e. The van der Waals surface area contributed by atoms with Crippen molar-refractivity contribution in [3.8, 4) is 0 Å². The SMILES string of the molecule is CSc1ncnn1CC1(c2ccc(F)cc2)OC1c1ccccc1F. The van der Waals surface area contributed by atoms with E-state index in [-0.39, 0.29) is 11.6 Å². The van der Waals surface area contributed by atoms with Crippen molar-refractivity contribution in [3.05, 3.63) is 77.6 Å². The van der Waals surface area contributed by atoms with Crippen LogP contribution in [0.2, 0.25) is 0 Å². The van der Waals surface area contributed by atoms with Crippen LogP contribution in [0.3, 0.4) is 0 Å². The van der Waals surface area contributed by atoms with Gasteiger partial charge in [0, 0.05) is 5.56 Å². The van der Waals surface area contributed by atoms with Crippen molar-refractivity contribution in [3.63, 3.8) is 0 Å². The highest BCUT2D eigenvalue weighted by molar-refractivity contribution is 7.98. The number of aromatic nitrogens is 3. The molecule has 2 heterocycles. The third-order valence-corrected chi connectivity index (χ3v) is 5.04. The minimum Gasteiger partial charge on any atom is -0.354 e. The summed E-state index contributed by atoms with van der Waals surface area (Å²) in [5.41, 5.74) is 0.469. The number of hydrogen-bond acceptors (Lipinski definition) is 4.